The van der Waals surface area contributed by atoms with Crippen LogP contribution in [0.4, 0.5) is 0 Å². The minimum absolute atomic E-state index is 0.286. The highest BCUT2D eigenvalue weighted by atomic mass is 127. The van der Waals surface area contributed by atoms with Crippen molar-refractivity contribution in [1.29, 1.82) is 0 Å². The molecule has 7 nitrogen and oxygen atoms in total. The van der Waals surface area contributed by atoms with Gasteiger partial charge in [-0.25, -0.2) is 10.2 Å². The van der Waals surface area contributed by atoms with E-state index in [9.17, 15) is 9.59 Å². The normalized spacial score (nSPS) is 11.1. The first-order chi connectivity index (χ1) is 18.9. The lowest BCUT2D eigenvalue weighted by atomic mass is 10.0. The van der Waals surface area contributed by atoms with Crippen LogP contribution in [0.15, 0.2) is 101 Å². The van der Waals surface area contributed by atoms with Crippen LogP contribution < -0.4 is 14.9 Å². The fourth-order valence-electron chi connectivity index (χ4n) is 4.08. The van der Waals surface area contributed by atoms with Gasteiger partial charge in [-0.05, 0) is 82.8 Å². The molecule has 0 saturated carbocycles. The predicted molar refractivity (Wildman–Crippen MR) is 164 cm³/mol. The van der Waals surface area contributed by atoms with Crippen molar-refractivity contribution in [2.45, 2.75) is 0 Å². The molecule has 2 N–H and O–H groups in total. The number of amides is 1. The number of carbonyl (C=O) groups excluding carboxylic acids is 2. The van der Waals surface area contributed by atoms with E-state index >= 15 is 0 Å². The SMILES string of the molecule is COc1cccc(C(=O)Oc2ccc(Br)cc2C=NNC(=O)c2[nH]c3ccc(I)cc3c2-c2ccccc2)c1. The van der Waals surface area contributed by atoms with Gasteiger partial charge in [-0.3, -0.25) is 4.79 Å². The third-order valence-corrected chi connectivity index (χ3v) is 7.06. The first kappa shape index (κ1) is 26.6. The first-order valence-electron chi connectivity index (χ1n) is 11.8. The van der Waals surface area contributed by atoms with Gasteiger partial charge in [-0.1, -0.05) is 52.3 Å². The van der Waals surface area contributed by atoms with Crippen LogP contribution in [0.25, 0.3) is 22.0 Å². The number of hydrogen-bond donors (Lipinski definition) is 2. The minimum Gasteiger partial charge on any atom is -0.497 e. The number of H-pyrrole nitrogens is 1. The lowest BCUT2D eigenvalue weighted by Crippen LogP contribution is -2.19. The molecule has 0 saturated heterocycles. The van der Waals surface area contributed by atoms with E-state index in [0.717, 1.165) is 30.1 Å². The van der Waals surface area contributed by atoms with E-state index in [-0.39, 0.29) is 5.75 Å². The summed E-state index contributed by atoms with van der Waals surface area (Å²) in [6.07, 6.45) is 1.44. The molecule has 0 bridgehead atoms. The molecule has 0 atom stereocenters. The minimum atomic E-state index is -0.546. The zero-order valence-corrected chi connectivity index (χ0v) is 24.3. The number of hydrogen-bond acceptors (Lipinski definition) is 5. The molecular formula is C30H21BrIN3O4. The Labute approximate surface area is 246 Å². The molecule has 9 heteroatoms. The number of nitrogens with zero attached hydrogens (tertiary/aromatic N) is 1. The van der Waals surface area contributed by atoms with Gasteiger partial charge in [-0.2, -0.15) is 5.10 Å². The van der Waals surface area contributed by atoms with E-state index in [1.165, 1.54) is 13.3 Å². The molecule has 0 fully saturated rings. The average Bonchev–Trinajstić information content (AvgIpc) is 3.33. The van der Waals surface area contributed by atoms with Gasteiger partial charge in [0.15, 0.2) is 0 Å². The Morgan fingerprint density at radius 2 is 1.79 bits per heavy atom. The van der Waals surface area contributed by atoms with E-state index in [0.29, 0.717) is 22.6 Å². The summed E-state index contributed by atoms with van der Waals surface area (Å²) in [6.45, 7) is 0. The Bertz CT molecular complexity index is 1720. The monoisotopic (exact) mass is 693 g/mol. The summed E-state index contributed by atoms with van der Waals surface area (Å²) >= 11 is 5.69. The molecule has 0 aliphatic heterocycles. The summed E-state index contributed by atoms with van der Waals surface area (Å²) in [6, 6.07) is 27.5. The van der Waals surface area contributed by atoms with Crippen molar-refractivity contribution >= 4 is 67.5 Å². The van der Waals surface area contributed by atoms with Gasteiger partial charge in [-0.15, -0.1) is 0 Å². The van der Waals surface area contributed by atoms with Crippen LogP contribution in [-0.4, -0.2) is 30.2 Å². The van der Waals surface area contributed by atoms with E-state index in [1.54, 1.807) is 42.5 Å². The van der Waals surface area contributed by atoms with Crippen molar-refractivity contribution in [3.63, 3.8) is 0 Å². The van der Waals surface area contributed by atoms with Gasteiger partial charge in [0.2, 0.25) is 0 Å². The summed E-state index contributed by atoms with van der Waals surface area (Å²) in [5, 5.41) is 5.12. The average molecular weight is 694 g/mol. The Hall–Kier alpha value is -3.96. The quantitative estimate of drug-likeness (QED) is 0.0621. The van der Waals surface area contributed by atoms with Gasteiger partial charge >= 0.3 is 5.97 Å². The molecule has 0 aliphatic carbocycles. The molecule has 194 valence electrons. The van der Waals surface area contributed by atoms with Crippen molar-refractivity contribution in [3.05, 3.63) is 116 Å². The number of nitrogens with one attached hydrogen (secondary N) is 2. The van der Waals surface area contributed by atoms with Gasteiger partial charge in [0.1, 0.15) is 17.2 Å². The second-order valence-corrected chi connectivity index (χ2v) is 10.6. The maximum absolute atomic E-state index is 13.3. The number of esters is 1. The van der Waals surface area contributed by atoms with Crippen LogP contribution in [0.1, 0.15) is 26.4 Å². The number of benzene rings is 4. The fraction of sp³-hybridized carbons (Fsp3) is 0.0333. The van der Waals surface area contributed by atoms with E-state index in [2.05, 4.69) is 54.0 Å². The molecular weight excluding hydrogens is 673 g/mol. The predicted octanol–water partition coefficient (Wildman–Crippen LogP) is 7.19. The molecule has 39 heavy (non-hydrogen) atoms. The number of rotatable bonds is 7. The number of hydrazone groups is 1. The molecule has 1 amide bonds. The third-order valence-electron chi connectivity index (χ3n) is 5.90. The van der Waals surface area contributed by atoms with Gasteiger partial charge < -0.3 is 14.5 Å². The molecule has 4 aromatic carbocycles. The zero-order valence-electron chi connectivity index (χ0n) is 20.6. The molecule has 1 aromatic heterocycles. The van der Waals surface area contributed by atoms with Crippen molar-refractivity contribution in [1.82, 2.24) is 10.4 Å². The lowest BCUT2D eigenvalue weighted by Gasteiger charge is -2.09. The number of fused-ring (bicyclic) bond motifs is 1. The largest absolute Gasteiger partial charge is 0.497 e. The van der Waals surface area contributed by atoms with E-state index in [1.807, 2.05) is 48.5 Å². The summed E-state index contributed by atoms with van der Waals surface area (Å²) in [5.74, 6) is -0.114. The maximum Gasteiger partial charge on any atom is 0.343 e. The lowest BCUT2D eigenvalue weighted by molar-refractivity contribution is 0.0733. The summed E-state index contributed by atoms with van der Waals surface area (Å²) in [5.41, 5.74) is 6.40. The second kappa shape index (κ2) is 11.8. The third kappa shape index (κ3) is 6.04. The van der Waals surface area contributed by atoms with E-state index < -0.39 is 11.9 Å². The fourth-order valence-corrected chi connectivity index (χ4v) is 4.95. The van der Waals surface area contributed by atoms with Crippen molar-refractivity contribution < 1.29 is 19.1 Å². The maximum atomic E-state index is 13.3. The van der Waals surface area contributed by atoms with Gasteiger partial charge in [0.25, 0.3) is 5.91 Å². The van der Waals surface area contributed by atoms with Gasteiger partial charge in [0, 0.05) is 30.1 Å². The molecule has 0 spiro atoms. The Morgan fingerprint density at radius 3 is 2.59 bits per heavy atom. The standard InChI is InChI=1S/C30H21BrIN3O4/c1-38-23-9-5-8-19(15-23)30(37)39-26-13-10-21(31)14-20(26)17-33-35-29(36)28-27(18-6-3-2-4-7-18)24-16-22(32)11-12-25(24)34-28/h2-17,34H,1H3,(H,35,36). The zero-order chi connectivity index (χ0) is 27.4. The van der Waals surface area contributed by atoms with Crippen LogP contribution in [0.3, 0.4) is 0 Å². The van der Waals surface area contributed by atoms with Crippen molar-refractivity contribution in [2.24, 2.45) is 5.10 Å². The number of methoxy groups -OCH3 is 1. The molecule has 5 rings (SSSR count). The Balaban J connectivity index is 1.40. The summed E-state index contributed by atoms with van der Waals surface area (Å²) in [4.78, 5) is 29.3. The highest BCUT2D eigenvalue weighted by Gasteiger charge is 2.19. The first-order valence-corrected chi connectivity index (χ1v) is 13.7. The van der Waals surface area contributed by atoms with Gasteiger partial charge in [0.05, 0.1) is 18.9 Å². The topological polar surface area (TPSA) is 92.8 Å². The highest BCUT2D eigenvalue weighted by molar-refractivity contribution is 14.1. The molecule has 0 radical (unpaired) electrons. The smallest absolute Gasteiger partial charge is 0.343 e. The van der Waals surface area contributed by atoms with Crippen LogP contribution >= 0.6 is 38.5 Å². The van der Waals surface area contributed by atoms with Crippen molar-refractivity contribution in [3.8, 4) is 22.6 Å². The molecule has 5 aromatic rings. The highest BCUT2D eigenvalue weighted by Crippen LogP contribution is 2.33. The molecule has 0 aliphatic rings. The molecule has 1 heterocycles. The number of halogens is 2. The van der Waals surface area contributed by atoms with E-state index in [4.69, 9.17) is 9.47 Å². The molecule has 0 unspecified atom stereocenters. The van der Waals surface area contributed by atoms with Crippen molar-refractivity contribution in [2.75, 3.05) is 7.11 Å². The van der Waals surface area contributed by atoms with Crippen LogP contribution in [0.5, 0.6) is 11.5 Å². The second-order valence-electron chi connectivity index (χ2n) is 8.43. The Morgan fingerprint density at radius 1 is 0.974 bits per heavy atom. The van der Waals surface area contributed by atoms with Crippen LogP contribution in [0.2, 0.25) is 0 Å². The Kier molecular flexibility index (Phi) is 8.08. The van der Waals surface area contributed by atoms with Crippen LogP contribution in [-0.2, 0) is 0 Å². The van der Waals surface area contributed by atoms with Crippen LogP contribution in [0, 0.1) is 3.57 Å². The number of aromatic amines is 1. The number of carbonyl (C=O) groups is 2. The summed E-state index contributed by atoms with van der Waals surface area (Å²) in [7, 11) is 1.53. The number of aromatic nitrogens is 1. The summed E-state index contributed by atoms with van der Waals surface area (Å²) < 4.78 is 12.6. The number of ether oxygens (including phenoxy) is 2.